The van der Waals surface area contributed by atoms with Crippen LogP contribution in [0.3, 0.4) is 0 Å². The van der Waals surface area contributed by atoms with E-state index in [1.807, 2.05) is 25.1 Å². The SMILES string of the molecule is CC[C@]1(c2ccccc2)NC(=O)N(/N=C\c2ccc(F)c(Br)c2)C1=O. The first-order valence-electron chi connectivity index (χ1n) is 7.69. The van der Waals surface area contributed by atoms with Crippen molar-refractivity contribution in [3.05, 3.63) is 69.9 Å². The van der Waals surface area contributed by atoms with Crippen molar-refractivity contribution in [3.63, 3.8) is 0 Å². The Bertz CT molecular complexity index is 857. The van der Waals surface area contributed by atoms with Crippen LogP contribution in [0, 0.1) is 5.82 Å². The number of hydrogen-bond donors (Lipinski definition) is 1. The highest BCUT2D eigenvalue weighted by molar-refractivity contribution is 9.10. The second-order valence-electron chi connectivity index (χ2n) is 5.59. The molecule has 0 bridgehead atoms. The smallest absolute Gasteiger partial charge is 0.318 e. The second-order valence-corrected chi connectivity index (χ2v) is 6.44. The van der Waals surface area contributed by atoms with Crippen molar-refractivity contribution < 1.29 is 14.0 Å². The molecule has 0 aliphatic carbocycles. The van der Waals surface area contributed by atoms with Crippen molar-refractivity contribution in [2.75, 3.05) is 0 Å². The number of nitrogens with zero attached hydrogens (tertiary/aromatic N) is 2. The lowest BCUT2D eigenvalue weighted by molar-refractivity contribution is -0.131. The van der Waals surface area contributed by atoms with Crippen molar-refractivity contribution in [1.29, 1.82) is 0 Å². The molecule has 0 unspecified atom stereocenters. The van der Waals surface area contributed by atoms with Crippen LogP contribution in [0.1, 0.15) is 24.5 Å². The van der Waals surface area contributed by atoms with Crippen LogP contribution in [0.5, 0.6) is 0 Å². The molecule has 0 radical (unpaired) electrons. The van der Waals surface area contributed by atoms with Gasteiger partial charge in [0.2, 0.25) is 0 Å². The van der Waals surface area contributed by atoms with Gasteiger partial charge in [-0.05, 0) is 45.6 Å². The summed E-state index contributed by atoms with van der Waals surface area (Å²) in [6, 6.07) is 12.8. The van der Waals surface area contributed by atoms with E-state index in [2.05, 4.69) is 26.3 Å². The Kier molecular flexibility index (Phi) is 4.67. The first-order valence-corrected chi connectivity index (χ1v) is 8.48. The number of nitrogens with one attached hydrogen (secondary N) is 1. The third kappa shape index (κ3) is 3.07. The van der Waals surface area contributed by atoms with Gasteiger partial charge in [-0.2, -0.15) is 5.10 Å². The molecule has 0 saturated carbocycles. The molecule has 3 rings (SSSR count). The topological polar surface area (TPSA) is 61.8 Å². The fourth-order valence-electron chi connectivity index (χ4n) is 2.75. The standard InChI is InChI=1S/C18H15BrFN3O2/c1-2-18(13-6-4-3-5-7-13)16(24)23(17(25)22-18)21-11-12-8-9-15(20)14(19)10-12/h3-11H,2H2,1H3,(H,22,25)/b21-11-/t18-/m1/s1. The molecule has 1 fully saturated rings. The van der Waals surface area contributed by atoms with E-state index < -0.39 is 23.3 Å². The summed E-state index contributed by atoms with van der Waals surface area (Å²) in [6.07, 6.45) is 1.74. The quantitative estimate of drug-likeness (QED) is 0.623. The summed E-state index contributed by atoms with van der Waals surface area (Å²) in [5, 5.41) is 7.56. The van der Waals surface area contributed by atoms with E-state index >= 15 is 0 Å². The van der Waals surface area contributed by atoms with E-state index in [0.717, 1.165) is 5.01 Å². The third-order valence-electron chi connectivity index (χ3n) is 4.13. The normalized spacial score (nSPS) is 20.4. The lowest BCUT2D eigenvalue weighted by Gasteiger charge is -2.24. The monoisotopic (exact) mass is 403 g/mol. The fraction of sp³-hybridized carbons (Fsp3) is 0.167. The Balaban J connectivity index is 1.91. The van der Waals surface area contributed by atoms with Gasteiger partial charge < -0.3 is 5.32 Å². The molecule has 1 heterocycles. The highest BCUT2D eigenvalue weighted by Gasteiger charge is 2.51. The minimum Gasteiger partial charge on any atom is -0.318 e. The summed E-state index contributed by atoms with van der Waals surface area (Å²) in [5.74, 6) is -0.843. The second kappa shape index (κ2) is 6.76. The van der Waals surface area contributed by atoms with Gasteiger partial charge in [-0.3, -0.25) is 4.79 Å². The molecule has 1 N–H and O–H groups in total. The molecule has 0 aromatic heterocycles. The van der Waals surface area contributed by atoms with Crippen LogP contribution in [-0.4, -0.2) is 23.2 Å². The van der Waals surface area contributed by atoms with Crippen molar-refractivity contribution in [1.82, 2.24) is 10.3 Å². The largest absolute Gasteiger partial charge is 0.346 e. The molecule has 2 aromatic carbocycles. The first-order chi connectivity index (χ1) is 12.0. The van der Waals surface area contributed by atoms with Crippen LogP contribution >= 0.6 is 15.9 Å². The summed E-state index contributed by atoms with van der Waals surface area (Å²) < 4.78 is 13.6. The number of halogens is 2. The average Bonchev–Trinajstić information content (AvgIpc) is 2.88. The van der Waals surface area contributed by atoms with E-state index in [1.54, 1.807) is 12.1 Å². The predicted octanol–water partition coefficient (Wildman–Crippen LogP) is 3.78. The Hall–Kier alpha value is -2.54. The molecular formula is C18H15BrFN3O2. The van der Waals surface area contributed by atoms with Gasteiger partial charge in [-0.1, -0.05) is 43.3 Å². The number of rotatable bonds is 4. The van der Waals surface area contributed by atoms with E-state index in [9.17, 15) is 14.0 Å². The lowest BCUT2D eigenvalue weighted by atomic mass is 9.87. The Morgan fingerprint density at radius 1 is 1.24 bits per heavy atom. The third-order valence-corrected chi connectivity index (χ3v) is 4.74. The number of imide groups is 1. The summed E-state index contributed by atoms with van der Waals surface area (Å²) in [5.41, 5.74) is 0.139. The summed E-state index contributed by atoms with van der Waals surface area (Å²) in [7, 11) is 0. The maximum atomic E-state index is 13.3. The van der Waals surface area contributed by atoms with E-state index in [1.165, 1.54) is 24.4 Å². The van der Waals surface area contributed by atoms with Crippen molar-refractivity contribution in [2.24, 2.45) is 5.10 Å². The number of hydrazone groups is 1. The van der Waals surface area contributed by atoms with Crippen LogP contribution in [0.2, 0.25) is 0 Å². The van der Waals surface area contributed by atoms with E-state index in [4.69, 9.17) is 0 Å². The predicted molar refractivity (Wildman–Crippen MR) is 95.5 cm³/mol. The molecule has 3 amide bonds. The van der Waals surface area contributed by atoms with Gasteiger partial charge in [0.05, 0.1) is 10.7 Å². The molecular weight excluding hydrogens is 389 g/mol. The lowest BCUT2D eigenvalue weighted by Crippen LogP contribution is -2.43. The zero-order chi connectivity index (χ0) is 18.0. The summed E-state index contributed by atoms with van der Waals surface area (Å²) in [4.78, 5) is 25.2. The van der Waals surface area contributed by atoms with Crippen LogP contribution < -0.4 is 5.32 Å². The van der Waals surface area contributed by atoms with E-state index in [0.29, 0.717) is 17.5 Å². The molecule has 1 saturated heterocycles. The van der Waals surface area contributed by atoms with Gasteiger partial charge in [0.25, 0.3) is 5.91 Å². The number of urea groups is 1. The zero-order valence-electron chi connectivity index (χ0n) is 13.4. The van der Waals surface area contributed by atoms with Crippen LogP contribution in [0.4, 0.5) is 9.18 Å². The molecule has 7 heteroatoms. The Labute approximate surface area is 152 Å². The number of amides is 3. The zero-order valence-corrected chi connectivity index (χ0v) is 15.0. The van der Waals surface area contributed by atoms with Gasteiger partial charge in [-0.25, -0.2) is 9.18 Å². The molecule has 128 valence electrons. The summed E-state index contributed by atoms with van der Waals surface area (Å²) in [6.45, 7) is 1.83. The van der Waals surface area contributed by atoms with Crippen molar-refractivity contribution in [3.8, 4) is 0 Å². The molecule has 5 nitrogen and oxygen atoms in total. The molecule has 25 heavy (non-hydrogen) atoms. The molecule has 1 aliphatic rings. The van der Waals surface area contributed by atoms with Gasteiger partial charge in [-0.15, -0.1) is 5.01 Å². The van der Waals surface area contributed by atoms with Gasteiger partial charge in [0.15, 0.2) is 0 Å². The van der Waals surface area contributed by atoms with Crippen molar-refractivity contribution in [2.45, 2.75) is 18.9 Å². The molecule has 2 aromatic rings. The fourth-order valence-corrected chi connectivity index (χ4v) is 3.14. The Morgan fingerprint density at radius 3 is 2.60 bits per heavy atom. The van der Waals surface area contributed by atoms with Crippen LogP contribution in [0.15, 0.2) is 58.1 Å². The molecule has 1 aliphatic heterocycles. The van der Waals surface area contributed by atoms with Gasteiger partial charge in [0.1, 0.15) is 11.4 Å². The summed E-state index contributed by atoms with van der Waals surface area (Å²) >= 11 is 3.09. The highest BCUT2D eigenvalue weighted by atomic mass is 79.9. The van der Waals surface area contributed by atoms with Crippen molar-refractivity contribution >= 4 is 34.1 Å². The minimum atomic E-state index is -1.13. The van der Waals surface area contributed by atoms with Crippen LogP contribution in [0.25, 0.3) is 0 Å². The number of carbonyl (C=O) groups is 2. The average molecular weight is 404 g/mol. The van der Waals surface area contributed by atoms with Crippen LogP contribution in [-0.2, 0) is 10.3 Å². The highest BCUT2D eigenvalue weighted by Crippen LogP contribution is 2.32. The van der Waals surface area contributed by atoms with Gasteiger partial charge in [0, 0.05) is 0 Å². The maximum Gasteiger partial charge on any atom is 0.346 e. The maximum absolute atomic E-state index is 13.3. The van der Waals surface area contributed by atoms with E-state index in [-0.39, 0.29) is 4.47 Å². The number of benzene rings is 2. The Morgan fingerprint density at radius 2 is 1.96 bits per heavy atom. The number of carbonyl (C=O) groups excluding carboxylic acids is 2. The molecule has 0 spiro atoms. The van der Waals surface area contributed by atoms with Gasteiger partial charge >= 0.3 is 6.03 Å². The first kappa shape index (κ1) is 17.3. The number of hydrogen-bond acceptors (Lipinski definition) is 3. The minimum absolute atomic E-state index is 0.279. The molecule has 1 atom stereocenters.